The minimum atomic E-state index is -0.666. The van der Waals surface area contributed by atoms with Gasteiger partial charge in [0, 0.05) is 11.3 Å². The zero-order valence-corrected chi connectivity index (χ0v) is 15.5. The Morgan fingerprint density at radius 1 is 1.25 bits per heavy atom. The first-order chi connectivity index (χ1) is 11.2. The molecule has 0 unspecified atom stereocenters. The molecule has 8 heteroatoms. The van der Waals surface area contributed by atoms with Gasteiger partial charge in [0.15, 0.2) is 5.13 Å². The fourth-order valence-electron chi connectivity index (χ4n) is 1.93. The lowest BCUT2D eigenvalue weighted by atomic mass is 10.0. The molecule has 0 aliphatic rings. The highest BCUT2D eigenvalue weighted by Crippen LogP contribution is 2.17. The smallest absolute Gasteiger partial charge is 0.328 e. The first kappa shape index (κ1) is 20.1. The molecule has 1 aromatic rings. The number of hydrogen-bond acceptors (Lipinski definition) is 6. The molecule has 7 nitrogen and oxygen atoms in total. The minimum Gasteiger partial charge on any atom is -0.467 e. The molecule has 0 spiro atoms. The van der Waals surface area contributed by atoms with Crippen molar-refractivity contribution in [2.75, 3.05) is 12.4 Å². The second-order valence-electron chi connectivity index (χ2n) is 6.24. The van der Waals surface area contributed by atoms with Crippen LogP contribution >= 0.6 is 11.3 Å². The lowest BCUT2D eigenvalue weighted by molar-refractivity contribution is -0.145. The average Bonchev–Trinajstić information content (AvgIpc) is 2.91. The number of hydrogen-bond donors (Lipinski definition) is 2. The fraction of sp³-hybridized carbons (Fsp3) is 0.625. The number of anilines is 1. The maximum absolute atomic E-state index is 12.1. The van der Waals surface area contributed by atoms with Crippen LogP contribution in [0.1, 0.15) is 39.8 Å². The molecule has 0 aliphatic carbocycles. The summed E-state index contributed by atoms with van der Waals surface area (Å²) in [5, 5.41) is 7.55. The van der Waals surface area contributed by atoms with Gasteiger partial charge >= 0.3 is 5.97 Å². The van der Waals surface area contributed by atoms with E-state index in [0.29, 0.717) is 17.2 Å². The van der Waals surface area contributed by atoms with E-state index in [1.165, 1.54) is 18.4 Å². The zero-order chi connectivity index (χ0) is 18.3. The summed E-state index contributed by atoms with van der Waals surface area (Å²) in [4.78, 5) is 39.7. The van der Waals surface area contributed by atoms with Crippen molar-refractivity contribution in [3.05, 3.63) is 11.1 Å². The lowest BCUT2D eigenvalue weighted by Gasteiger charge is -2.18. The van der Waals surface area contributed by atoms with E-state index in [2.05, 4.69) is 15.6 Å². The van der Waals surface area contributed by atoms with Crippen molar-refractivity contribution in [2.24, 2.45) is 11.8 Å². The Morgan fingerprint density at radius 3 is 2.46 bits per heavy atom. The van der Waals surface area contributed by atoms with Crippen LogP contribution < -0.4 is 10.6 Å². The highest BCUT2D eigenvalue weighted by Gasteiger charge is 2.23. The number of carbonyl (C=O) groups is 3. The number of thiazole rings is 1. The van der Waals surface area contributed by atoms with Crippen LogP contribution in [0.2, 0.25) is 0 Å². The molecular weight excluding hydrogens is 330 g/mol. The first-order valence-corrected chi connectivity index (χ1v) is 8.73. The van der Waals surface area contributed by atoms with Crippen molar-refractivity contribution >= 4 is 34.3 Å². The van der Waals surface area contributed by atoms with Gasteiger partial charge in [0.1, 0.15) is 6.04 Å². The van der Waals surface area contributed by atoms with Crippen LogP contribution in [0.4, 0.5) is 5.13 Å². The Morgan fingerprint density at radius 2 is 1.92 bits per heavy atom. The molecule has 24 heavy (non-hydrogen) atoms. The highest BCUT2D eigenvalue weighted by molar-refractivity contribution is 7.13. The number of aromatic nitrogens is 1. The van der Waals surface area contributed by atoms with E-state index in [0.717, 1.165) is 0 Å². The second kappa shape index (κ2) is 9.36. The molecule has 134 valence electrons. The predicted octanol–water partition coefficient (Wildman–Crippen LogP) is 1.98. The molecule has 1 atom stereocenters. The van der Waals surface area contributed by atoms with E-state index in [9.17, 15) is 14.4 Å². The molecule has 1 aromatic heterocycles. The van der Waals surface area contributed by atoms with Crippen LogP contribution in [0.5, 0.6) is 0 Å². The third-order valence-electron chi connectivity index (χ3n) is 3.18. The minimum absolute atomic E-state index is 0.0413. The fourth-order valence-corrected chi connectivity index (χ4v) is 2.65. The van der Waals surface area contributed by atoms with Gasteiger partial charge in [0.2, 0.25) is 11.8 Å². The molecule has 0 aromatic carbocycles. The Hall–Kier alpha value is -1.96. The summed E-state index contributed by atoms with van der Waals surface area (Å²) in [6.07, 6.45) is 0.546. The van der Waals surface area contributed by atoms with Crippen LogP contribution in [0.25, 0.3) is 0 Å². The standard InChI is InChI=1S/C16H25N3O4S/c1-9(2)6-12(15(22)23-5)18-13(20)7-11-8-24-16(17-11)19-14(21)10(3)4/h8-10,12H,6-7H2,1-5H3,(H,18,20)(H,17,19,21)/t12-/m1/s1. The largest absolute Gasteiger partial charge is 0.467 e. The summed E-state index contributed by atoms with van der Waals surface area (Å²) in [5.41, 5.74) is 0.546. The van der Waals surface area contributed by atoms with Crippen molar-refractivity contribution in [3.63, 3.8) is 0 Å². The second-order valence-corrected chi connectivity index (χ2v) is 7.10. The van der Waals surface area contributed by atoms with Gasteiger partial charge in [-0.3, -0.25) is 9.59 Å². The molecule has 2 N–H and O–H groups in total. The predicted molar refractivity (Wildman–Crippen MR) is 92.7 cm³/mol. The Labute approximate surface area is 146 Å². The molecule has 2 amide bonds. The first-order valence-electron chi connectivity index (χ1n) is 7.85. The molecule has 0 fully saturated rings. The van der Waals surface area contributed by atoms with Gasteiger partial charge in [0.05, 0.1) is 19.2 Å². The van der Waals surface area contributed by atoms with Gasteiger partial charge in [-0.15, -0.1) is 11.3 Å². The highest BCUT2D eigenvalue weighted by atomic mass is 32.1. The Balaban J connectivity index is 2.62. The third-order valence-corrected chi connectivity index (χ3v) is 3.98. The van der Waals surface area contributed by atoms with Gasteiger partial charge in [-0.25, -0.2) is 9.78 Å². The van der Waals surface area contributed by atoms with Crippen molar-refractivity contribution in [3.8, 4) is 0 Å². The average molecular weight is 355 g/mol. The van der Waals surface area contributed by atoms with E-state index in [1.54, 1.807) is 19.2 Å². The van der Waals surface area contributed by atoms with Gasteiger partial charge in [0.25, 0.3) is 0 Å². The van der Waals surface area contributed by atoms with Crippen molar-refractivity contribution < 1.29 is 19.1 Å². The molecule has 0 aliphatic heterocycles. The van der Waals surface area contributed by atoms with Gasteiger partial charge in [-0.05, 0) is 12.3 Å². The SMILES string of the molecule is COC(=O)[C@@H](CC(C)C)NC(=O)Cc1csc(NC(=O)C(C)C)n1. The van der Waals surface area contributed by atoms with Crippen LogP contribution in [0.15, 0.2) is 5.38 Å². The van der Waals surface area contributed by atoms with Crippen LogP contribution in [-0.4, -0.2) is 35.9 Å². The van der Waals surface area contributed by atoms with E-state index in [1.807, 2.05) is 13.8 Å². The number of amides is 2. The maximum Gasteiger partial charge on any atom is 0.328 e. The van der Waals surface area contributed by atoms with E-state index in [-0.39, 0.29) is 30.1 Å². The summed E-state index contributed by atoms with van der Waals surface area (Å²) in [6, 6.07) is -0.666. The summed E-state index contributed by atoms with van der Waals surface area (Å²) >= 11 is 1.26. The van der Waals surface area contributed by atoms with Crippen molar-refractivity contribution in [2.45, 2.75) is 46.6 Å². The molecule has 1 heterocycles. The van der Waals surface area contributed by atoms with Crippen LogP contribution in [0, 0.1) is 11.8 Å². The van der Waals surface area contributed by atoms with Crippen LogP contribution in [-0.2, 0) is 25.5 Å². The molecule has 0 bridgehead atoms. The maximum atomic E-state index is 12.1. The quantitative estimate of drug-likeness (QED) is 0.695. The zero-order valence-electron chi connectivity index (χ0n) is 14.7. The van der Waals surface area contributed by atoms with E-state index >= 15 is 0 Å². The number of nitrogens with zero attached hydrogens (tertiary/aromatic N) is 1. The number of esters is 1. The normalized spacial score (nSPS) is 12.1. The lowest BCUT2D eigenvalue weighted by Crippen LogP contribution is -2.43. The molecule has 0 radical (unpaired) electrons. The van der Waals surface area contributed by atoms with E-state index < -0.39 is 12.0 Å². The summed E-state index contributed by atoms with van der Waals surface area (Å²) in [5.74, 6) is -0.787. The number of ether oxygens (including phenoxy) is 1. The van der Waals surface area contributed by atoms with Crippen LogP contribution in [0.3, 0.4) is 0 Å². The van der Waals surface area contributed by atoms with Gasteiger partial charge in [-0.1, -0.05) is 27.7 Å². The molecular formula is C16H25N3O4S. The molecule has 0 saturated heterocycles. The third kappa shape index (κ3) is 6.66. The van der Waals surface area contributed by atoms with Crippen molar-refractivity contribution in [1.82, 2.24) is 10.3 Å². The number of methoxy groups -OCH3 is 1. The van der Waals surface area contributed by atoms with E-state index in [4.69, 9.17) is 4.74 Å². The Kier molecular flexibility index (Phi) is 7.84. The van der Waals surface area contributed by atoms with Gasteiger partial charge < -0.3 is 15.4 Å². The molecule has 1 rings (SSSR count). The summed E-state index contributed by atoms with van der Waals surface area (Å²) < 4.78 is 4.72. The topological polar surface area (TPSA) is 97.4 Å². The number of carbonyl (C=O) groups excluding carboxylic acids is 3. The summed E-state index contributed by atoms with van der Waals surface area (Å²) in [6.45, 7) is 7.51. The Bertz CT molecular complexity index is 584. The number of rotatable bonds is 8. The van der Waals surface area contributed by atoms with Crippen molar-refractivity contribution in [1.29, 1.82) is 0 Å². The number of nitrogens with one attached hydrogen (secondary N) is 2. The van der Waals surface area contributed by atoms with Gasteiger partial charge in [-0.2, -0.15) is 0 Å². The molecule has 0 saturated carbocycles. The monoisotopic (exact) mass is 355 g/mol. The summed E-state index contributed by atoms with van der Waals surface area (Å²) in [7, 11) is 1.30.